The summed E-state index contributed by atoms with van der Waals surface area (Å²) in [6, 6.07) is 12.6. The van der Waals surface area contributed by atoms with E-state index in [0.717, 1.165) is 11.3 Å². The summed E-state index contributed by atoms with van der Waals surface area (Å²) in [6.07, 6.45) is 0. The van der Waals surface area contributed by atoms with Gasteiger partial charge in [-0.2, -0.15) is 0 Å². The second-order valence-electron chi connectivity index (χ2n) is 4.17. The number of halogens is 1. The van der Waals surface area contributed by atoms with Gasteiger partial charge in [-0.15, -0.1) is 0 Å². The lowest BCUT2D eigenvalue weighted by Crippen LogP contribution is -2.03. The molecule has 0 aromatic heterocycles. The Kier molecular flexibility index (Phi) is 4.07. The predicted octanol–water partition coefficient (Wildman–Crippen LogP) is 3.93. The van der Waals surface area contributed by atoms with Gasteiger partial charge in [-0.25, -0.2) is 4.79 Å². The van der Waals surface area contributed by atoms with Crippen LogP contribution in [-0.4, -0.2) is 11.1 Å². The molecule has 2 aromatic carbocycles. The zero-order chi connectivity index (χ0) is 13.8. The van der Waals surface area contributed by atoms with E-state index in [9.17, 15) is 4.79 Å². The third-order valence-electron chi connectivity index (χ3n) is 2.76. The van der Waals surface area contributed by atoms with Gasteiger partial charge in [0.2, 0.25) is 0 Å². The Hall–Kier alpha value is -2.00. The molecule has 0 radical (unpaired) electrons. The largest absolute Gasteiger partial charge is 0.489 e. The van der Waals surface area contributed by atoms with Crippen LogP contribution in [0, 0.1) is 6.92 Å². The van der Waals surface area contributed by atoms with Crippen molar-refractivity contribution in [2.75, 3.05) is 0 Å². The smallest absolute Gasteiger partial charge is 0.336 e. The van der Waals surface area contributed by atoms with Gasteiger partial charge in [-0.1, -0.05) is 35.9 Å². The van der Waals surface area contributed by atoms with Crippen LogP contribution in [-0.2, 0) is 6.61 Å². The molecule has 0 saturated heterocycles. The lowest BCUT2D eigenvalue weighted by Gasteiger charge is -2.10. The molecule has 98 valence electrons. The standard InChI is InChI=1S/C15H13ClO3/c1-10-7-11(14(16)8-13(10)15(17)18)9-19-12-5-3-2-4-6-12/h2-8H,9H2,1H3,(H,17,18). The molecule has 0 heterocycles. The van der Waals surface area contributed by atoms with Gasteiger partial charge in [0.1, 0.15) is 12.4 Å². The average Bonchev–Trinajstić information content (AvgIpc) is 2.40. The second-order valence-corrected chi connectivity index (χ2v) is 4.57. The molecule has 0 aliphatic rings. The number of carboxylic acid groups (broad SMARTS) is 1. The molecule has 1 N–H and O–H groups in total. The summed E-state index contributed by atoms with van der Waals surface area (Å²) in [5, 5.41) is 9.40. The first-order valence-corrected chi connectivity index (χ1v) is 6.16. The van der Waals surface area contributed by atoms with Crippen molar-refractivity contribution < 1.29 is 14.6 Å². The highest BCUT2D eigenvalue weighted by atomic mass is 35.5. The van der Waals surface area contributed by atoms with Gasteiger partial charge in [-0.3, -0.25) is 0 Å². The molecule has 0 aliphatic heterocycles. The number of benzene rings is 2. The lowest BCUT2D eigenvalue weighted by molar-refractivity contribution is 0.0696. The van der Waals surface area contributed by atoms with E-state index in [0.29, 0.717) is 17.2 Å². The van der Waals surface area contributed by atoms with Crippen LogP contribution < -0.4 is 4.74 Å². The Balaban J connectivity index is 2.17. The highest BCUT2D eigenvalue weighted by Gasteiger charge is 2.11. The Morgan fingerprint density at radius 3 is 2.58 bits per heavy atom. The minimum absolute atomic E-state index is 0.216. The molecule has 2 rings (SSSR count). The van der Waals surface area contributed by atoms with Crippen molar-refractivity contribution in [3.05, 3.63) is 64.2 Å². The van der Waals surface area contributed by atoms with Gasteiger partial charge in [0.15, 0.2) is 0 Å². The fraction of sp³-hybridized carbons (Fsp3) is 0.133. The van der Waals surface area contributed by atoms with Crippen molar-refractivity contribution in [3.63, 3.8) is 0 Å². The zero-order valence-corrected chi connectivity index (χ0v) is 11.1. The third kappa shape index (κ3) is 3.26. The summed E-state index contributed by atoms with van der Waals surface area (Å²) in [6.45, 7) is 2.05. The Bertz CT molecular complexity index is 594. The quantitative estimate of drug-likeness (QED) is 0.920. The first kappa shape index (κ1) is 13.4. The summed E-state index contributed by atoms with van der Waals surface area (Å²) in [4.78, 5) is 11.0. The molecule has 2 aromatic rings. The van der Waals surface area contributed by atoms with Gasteiger partial charge in [0, 0.05) is 10.6 Å². The second kappa shape index (κ2) is 5.76. The number of hydrogen-bond donors (Lipinski definition) is 1. The maximum Gasteiger partial charge on any atom is 0.336 e. The van der Waals surface area contributed by atoms with Gasteiger partial charge < -0.3 is 9.84 Å². The SMILES string of the molecule is Cc1cc(COc2ccccc2)c(Cl)cc1C(=O)O. The molecular weight excluding hydrogens is 264 g/mol. The minimum atomic E-state index is -0.977. The normalized spacial score (nSPS) is 10.2. The Morgan fingerprint density at radius 1 is 1.26 bits per heavy atom. The summed E-state index contributed by atoms with van der Waals surface area (Å²) < 4.78 is 5.60. The van der Waals surface area contributed by atoms with Crippen LogP contribution in [0.3, 0.4) is 0 Å². The number of carboxylic acids is 1. The molecule has 4 heteroatoms. The molecule has 0 amide bonds. The summed E-state index contributed by atoms with van der Waals surface area (Å²) in [7, 11) is 0. The van der Waals surface area contributed by atoms with E-state index in [4.69, 9.17) is 21.4 Å². The van der Waals surface area contributed by atoms with Crippen LogP contribution in [0.2, 0.25) is 5.02 Å². The monoisotopic (exact) mass is 276 g/mol. The molecule has 0 fully saturated rings. The van der Waals surface area contributed by atoms with E-state index in [-0.39, 0.29) is 5.56 Å². The van der Waals surface area contributed by atoms with Crippen LogP contribution in [0.5, 0.6) is 5.75 Å². The third-order valence-corrected chi connectivity index (χ3v) is 3.11. The first-order chi connectivity index (χ1) is 9.08. The fourth-order valence-electron chi connectivity index (χ4n) is 1.76. The van der Waals surface area contributed by atoms with Gasteiger partial charge in [0.05, 0.1) is 5.56 Å². The Morgan fingerprint density at radius 2 is 1.95 bits per heavy atom. The van der Waals surface area contributed by atoms with Crippen molar-refractivity contribution in [2.45, 2.75) is 13.5 Å². The molecule has 0 saturated carbocycles. The van der Waals surface area contributed by atoms with E-state index in [1.807, 2.05) is 30.3 Å². The van der Waals surface area contributed by atoms with Gasteiger partial charge in [-0.05, 0) is 30.7 Å². The maximum absolute atomic E-state index is 11.0. The topological polar surface area (TPSA) is 46.5 Å². The van der Waals surface area contributed by atoms with Gasteiger partial charge in [0.25, 0.3) is 0 Å². The van der Waals surface area contributed by atoms with Crippen molar-refractivity contribution in [3.8, 4) is 5.75 Å². The summed E-state index contributed by atoms with van der Waals surface area (Å²) in [5.74, 6) is -0.228. The van der Waals surface area contributed by atoms with Crippen LogP contribution in [0.15, 0.2) is 42.5 Å². The highest BCUT2D eigenvalue weighted by Crippen LogP contribution is 2.23. The molecule has 0 aliphatic carbocycles. The number of carbonyl (C=O) groups is 1. The molecule has 0 atom stereocenters. The molecule has 0 bridgehead atoms. The van der Waals surface area contributed by atoms with Crippen molar-refractivity contribution in [1.29, 1.82) is 0 Å². The van der Waals surface area contributed by atoms with E-state index in [1.165, 1.54) is 6.07 Å². The van der Waals surface area contributed by atoms with E-state index in [1.54, 1.807) is 13.0 Å². The van der Waals surface area contributed by atoms with Crippen LogP contribution in [0.1, 0.15) is 21.5 Å². The number of aromatic carboxylic acids is 1. The van der Waals surface area contributed by atoms with Gasteiger partial charge >= 0.3 is 5.97 Å². The van der Waals surface area contributed by atoms with Crippen LogP contribution in [0.25, 0.3) is 0 Å². The number of hydrogen-bond acceptors (Lipinski definition) is 2. The molecular formula is C15H13ClO3. The first-order valence-electron chi connectivity index (χ1n) is 5.78. The predicted molar refractivity (Wildman–Crippen MR) is 73.9 cm³/mol. The van der Waals surface area contributed by atoms with E-state index < -0.39 is 5.97 Å². The molecule has 0 unspecified atom stereocenters. The number of para-hydroxylation sites is 1. The summed E-state index contributed by atoms with van der Waals surface area (Å²) in [5.41, 5.74) is 1.66. The minimum Gasteiger partial charge on any atom is -0.489 e. The van der Waals surface area contributed by atoms with E-state index >= 15 is 0 Å². The number of ether oxygens (including phenoxy) is 1. The molecule has 0 spiro atoms. The van der Waals surface area contributed by atoms with Crippen LogP contribution in [0.4, 0.5) is 0 Å². The Labute approximate surface area is 116 Å². The number of rotatable bonds is 4. The number of aryl methyl sites for hydroxylation is 1. The van der Waals surface area contributed by atoms with Crippen molar-refractivity contribution in [1.82, 2.24) is 0 Å². The zero-order valence-electron chi connectivity index (χ0n) is 10.4. The molecule has 3 nitrogen and oxygen atoms in total. The fourth-order valence-corrected chi connectivity index (χ4v) is 1.98. The maximum atomic E-state index is 11.0. The van der Waals surface area contributed by atoms with Crippen molar-refractivity contribution in [2.24, 2.45) is 0 Å². The van der Waals surface area contributed by atoms with E-state index in [2.05, 4.69) is 0 Å². The van der Waals surface area contributed by atoms with Crippen LogP contribution >= 0.6 is 11.6 Å². The van der Waals surface area contributed by atoms with Crippen molar-refractivity contribution >= 4 is 17.6 Å². The average molecular weight is 277 g/mol. The lowest BCUT2D eigenvalue weighted by atomic mass is 10.1. The highest BCUT2D eigenvalue weighted by molar-refractivity contribution is 6.31. The summed E-state index contributed by atoms with van der Waals surface area (Å²) >= 11 is 6.07. The molecule has 19 heavy (non-hydrogen) atoms.